The SMILES string of the molecule is CSc1cc(C(=O)CSc2ccc(C)c(C)c2)ccc1NC(C)=O. The van der Waals surface area contributed by atoms with Crippen LogP contribution in [0.25, 0.3) is 0 Å². The first kappa shape index (κ1) is 18.6. The predicted octanol–water partition coefficient (Wildman–Crippen LogP) is 4.96. The molecular weight excluding hydrogens is 338 g/mol. The van der Waals surface area contributed by atoms with E-state index in [0.29, 0.717) is 11.3 Å². The number of aryl methyl sites for hydroxylation is 2. The van der Waals surface area contributed by atoms with Gasteiger partial charge in [-0.3, -0.25) is 9.59 Å². The van der Waals surface area contributed by atoms with Gasteiger partial charge >= 0.3 is 0 Å². The lowest BCUT2D eigenvalue weighted by molar-refractivity contribution is -0.114. The molecule has 0 radical (unpaired) electrons. The molecule has 0 heterocycles. The van der Waals surface area contributed by atoms with Gasteiger partial charge in [0.05, 0.1) is 11.4 Å². The summed E-state index contributed by atoms with van der Waals surface area (Å²) in [5.41, 5.74) is 3.90. The Balaban J connectivity index is 2.08. The van der Waals surface area contributed by atoms with Crippen LogP contribution in [-0.2, 0) is 4.79 Å². The summed E-state index contributed by atoms with van der Waals surface area (Å²) in [7, 11) is 0. The molecule has 0 atom stereocenters. The molecule has 2 rings (SSSR count). The van der Waals surface area contributed by atoms with Crippen LogP contribution < -0.4 is 5.32 Å². The molecule has 126 valence electrons. The van der Waals surface area contributed by atoms with Crippen molar-refractivity contribution in [3.63, 3.8) is 0 Å². The zero-order valence-corrected chi connectivity index (χ0v) is 15.9. The van der Waals surface area contributed by atoms with E-state index in [1.54, 1.807) is 23.9 Å². The summed E-state index contributed by atoms with van der Waals surface area (Å²) in [6.45, 7) is 5.63. The first-order chi connectivity index (χ1) is 11.4. The Hall–Kier alpha value is -1.72. The molecule has 2 aromatic carbocycles. The van der Waals surface area contributed by atoms with Crippen molar-refractivity contribution in [2.45, 2.75) is 30.6 Å². The number of hydrogen-bond acceptors (Lipinski definition) is 4. The van der Waals surface area contributed by atoms with Gasteiger partial charge in [-0.1, -0.05) is 6.07 Å². The maximum Gasteiger partial charge on any atom is 0.221 e. The summed E-state index contributed by atoms with van der Waals surface area (Å²) in [6, 6.07) is 11.7. The van der Waals surface area contributed by atoms with Crippen molar-refractivity contribution < 1.29 is 9.59 Å². The number of nitrogens with one attached hydrogen (secondary N) is 1. The van der Waals surface area contributed by atoms with E-state index in [4.69, 9.17) is 0 Å². The number of hydrogen-bond donors (Lipinski definition) is 1. The first-order valence-corrected chi connectivity index (χ1v) is 9.80. The van der Waals surface area contributed by atoms with Crippen LogP contribution in [0.15, 0.2) is 46.2 Å². The van der Waals surface area contributed by atoms with Gasteiger partial charge in [0.25, 0.3) is 0 Å². The summed E-state index contributed by atoms with van der Waals surface area (Å²) in [6.07, 6.45) is 1.93. The molecule has 0 spiro atoms. The van der Waals surface area contributed by atoms with Crippen LogP contribution in [0.5, 0.6) is 0 Å². The Morgan fingerprint density at radius 3 is 2.42 bits per heavy atom. The van der Waals surface area contributed by atoms with Gasteiger partial charge in [-0.15, -0.1) is 23.5 Å². The second-order valence-electron chi connectivity index (χ2n) is 5.55. The topological polar surface area (TPSA) is 46.2 Å². The molecule has 0 unspecified atom stereocenters. The Bertz CT molecular complexity index is 772. The predicted molar refractivity (Wildman–Crippen MR) is 103 cm³/mol. The second-order valence-corrected chi connectivity index (χ2v) is 7.45. The highest BCUT2D eigenvalue weighted by molar-refractivity contribution is 8.00. The fraction of sp³-hybridized carbons (Fsp3) is 0.263. The highest BCUT2D eigenvalue weighted by Gasteiger charge is 2.11. The average molecular weight is 360 g/mol. The highest BCUT2D eigenvalue weighted by atomic mass is 32.2. The Morgan fingerprint density at radius 2 is 1.79 bits per heavy atom. The van der Waals surface area contributed by atoms with Crippen molar-refractivity contribution in [3.8, 4) is 0 Å². The zero-order chi connectivity index (χ0) is 17.7. The standard InChI is InChI=1S/C19H21NO2S2/c1-12-5-7-16(9-13(12)2)24-11-18(22)15-6-8-17(20-14(3)21)19(10-15)23-4/h5-10H,11H2,1-4H3,(H,20,21). The molecule has 2 aromatic rings. The molecule has 0 aliphatic heterocycles. The minimum atomic E-state index is -0.116. The Labute approximate surface area is 151 Å². The number of thioether (sulfide) groups is 2. The van der Waals surface area contributed by atoms with E-state index in [9.17, 15) is 9.59 Å². The van der Waals surface area contributed by atoms with Gasteiger partial charge in [-0.2, -0.15) is 0 Å². The number of carbonyl (C=O) groups excluding carboxylic acids is 2. The molecular formula is C19H21NO2S2. The third kappa shape index (κ3) is 4.89. The van der Waals surface area contributed by atoms with Gasteiger partial charge in [-0.05, 0) is 61.6 Å². The van der Waals surface area contributed by atoms with Crippen LogP contribution in [0.2, 0.25) is 0 Å². The van der Waals surface area contributed by atoms with E-state index in [0.717, 1.165) is 15.5 Å². The summed E-state index contributed by atoms with van der Waals surface area (Å²) in [5, 5.41) is 2.78. The molecule has 3 nitrogen and oxygen atoms in total. The van der Waals surface area contributed by atoms with Crippen molar-refractivity contribution in [2.75, 3.05) is 17.3 Å². The van der Waals surface area contributed by atoms with Gasteiger partial charge in [-0.25, -0.2) is 0 Å². The third-order valence-electron chi connectivity index (χ3n) is 3.68. The van der Waals surface area contributed by atoms with E-state index < -0.39 is 0 Å². The van der Waals surface area contributed by atoms with Gasteiger partial charge in [0, 0.05) is 22.3 Å². The van der Waals surface area contributed by atoms with Crippen LogP contribution in [0.1, 0.15) is 28.4 Å². The van der Waals surface area contributed by atoms with Crippen LogP contribution in [0, 0.1) is 13.8 Å². The van der Waals surface area contributed by atoms with E-state index in [-0.39, 0.29) is 11.7 Å². The highest BCUT2D eigenvalue weighted by Crippen LogP contribution is 2.28. The molecule has 0 aliphatic carbocycles. The summed E-state index contributed by atoms with van der Waals surface area (Å²) < 4.78 is 0. The van der Waals surface area contributed by atoms with Crippen molar-refractivity contribution in [1.29, 1.82) is 0 Å². The minimum absolute atomic E-state index is 0.0860. The van der Waals surface area contributed by atoms with Crippen LogP contribution in [0.3, 0.4) is 0 Å². The average Bonchev–Trinajstić information content (AvgIpc) is 2.55. The number of benzene rings is 2. The second kappa shape index (κ2) is 8.40. The smallest absolute Gasteiger partial charge is 0.221 e. The molecule has 1 amide bonds. The van der Waals surface area contributed by atoms with Crippen LogP contribution in [-0.4, -0.2) is 23.7 Å². The number of rotatable bonds is 6. The molecule has 0 saturated carbocycles. The monoisotopic (exact) mass is 359 g/mol. The number of amides is 1. The quantitative estimate of drug-likeness (QED) is 0.585. The number of carbonyl (C=O) groups is 2. The maximum absolute atomic E-state index is 12.5. The molecule has 1 N–H and O–H groups in total. The van der Waals surface area contributed by atoms with Gasteiger partial charge in [0.15, 0.2) is 5.78 Å². The first-order valence-electron chi connectivity index (χ1n) is 7.59. The summed E-state index contributed by atoms with van der Waals surface area (Å²) in [5.74, 6) is 0.369. The molecule has 24 heavy (non-hydrogen) atoms. The van der Waals surface area contributed by atoms with Crippen LogP contribution in [0.4, 0.5) is 5.69 Å². The molecule has 5 heteroatoms. The number of anilines is 1. The van der Waals surface area contributed by atoms with Crippen molar-refractivity contribution in [2.24, 2.45) is 0 Å². The van der Waals surface area contributed by atoms with Crippen molar-refractivity contribution in [1.82, 2.24) is 0 Å². The third-order valence-corrected chi connectivity index (χ3v) is 5.45. The maximum atomic E-state index is 12.5. The molecule has 0 aliphatic rings. The fourth-order valence-electron chi connectivity index (χ4n) is 2.19. The van der Waals surface area contributed by atoms with E-state index >= 15 is 0 Å². The largest absolute Gasteiger partial charge is 0.325 e. The Morgan fingerprint density at radius 1 is 1.04 bits per heavy atom. The summed E-state index contributed by atoms with van der Waals surface area (Å²) in [4.78, 5) is 25.7. The fourth-order valence-corrected chi connectivity index (χ4v) is 3.67. The number of Topliss-reactive ketones (excluding diaryl/α,β-unsaturated/α-hetero) is 1. The van der Waals surface area contributed by atoms with Gasteiger partial charge in [0.2, 0.25) is 5.91 Å². The van der Waals surface area contributed by atoms with Crippen LogP contribution >= 0.6 is 23.5 Å². The lowest BCUT2D eigenvalue weighted by Crippen LogP contribution is -2.08. The molecule has 0 saturated heterocycles. The lowest BCUT2D eigenvalue weighted by Gasteiger charge is -2.10. The molecule has 0 fully saturated rings. The molecule has 0 bridgehead atoms. The minimum Gasteiger partial charge on any atom is -0.325 e. The van der Waals surface area contributed by atoms with Gasteiger partial charge < -0.3 is 5.32 Å². The van der Waals surface area contributed by atoms with E-state index in [1.807, 2.05) is 18.4 Å². The van der Waals surface area contributed by atoms with E-state index in [1.165, 1.54) is 29.8 Å². The summed E-state index contributed by atoms with van der Waals surface area (Å²) >= 11 is 3.06. The molecule has 0 aromatic heterocycles. The van der Waals surface area contributed by atoms with Gasteiger partial charge in [0.1, 0.15) is 0 Å². The lowest BCUT2D eigenvalue weighted by atomic mass is 10.1. The Kier molecular flexibility index (Phi) is 6.52. The van der Waals surface area contributed by atoms with Crippen molar-refractivity contribution in [3.05, 3.63) is 53.1 Å². The zero-order valence-electron chi connectivity index (χ0n) is 14.3. The number of ketones is 1. The van der Waals surface area contributed by atoms with E-state index in [2.05, 4.69) is 31.3 Å². The normalized spacial score (nSPS) is 10.5. The van der Waals surface area contributed by atoms with Crippen molar-refractivity contribution >= 4 is 40.9 Å².